The van der Waals surface area contributed by atoms with Gasteiger partial charge in [0, 0.05) is 25.2 Å². The molecule has 1 heterocycles. The highest BCUT2D eigenvalue weighted by Crippen LogP contribution is 2.25. The fraction of sp³-hybridized carbons (Fsp3) is 0.444. The van der Waals surface area contributed by atoms with Crippen LogP contribution >= 0.6 is 0 Å². The number of hydrogen-bond acceptors (Lipinski definition) is 2. The maximum atomic E-state index is 6.43. The molecule has 0 radical (unpaired) electrons. The first-order valence-electron chi connectivity index (χ1n) is 7.62. The molecule has 106 valence electrons. The van der Waals surface area contributed by atoms with E-state index in [4.69, 9.17) is 5.73 Å². The smallest absolute Gasteiger partial charge is 0.0424 e. The number of likely N-dealkylation sites (tertiary alicyclic amines) is 1. The average Bonchev–Trinajstić information content (AvgIpc) is 2.76. The summed E-state index contributed by atoms with van der Waals surface area (Å²) in [6, 6.07) is 15.8. The first-order valence-corrected chi connectivity index (χ1v) is 7.62. The Morgan fingerprint density at radius 3 is 2.60 bits per heavy atom. The molecular weight excluding hydrogens is 244 g/mol. The van der Waals surface area contributed by atoms with Crippen LogP contribution in [-0.2, 0) is 0 Å². The lowest BCUT2D eigenvalue weighted by Crippen LogP contribution is -2.34. The standard InChI is InChI=1S/C18H24N2/c1-13-9-14(2)20(11-13)12-18(19)17-8-7-15-5-3-4-6-16(15)10-17/h3-8,10,13-14,18H,9,11-12,19H2,1-2H3. The number of benzene rings is 2. The van der Waals surface area contributed by atoms with E-state index in [0.29, 0.717) is 6.04 Å². The van der Waals surface area contributed by atoms with Gasteiger partial charge in [-0.1, -0.05) is 43.3 Å². The number of rotatable bonds is 3. The highest BCUT2D eigenvalue weighted by atomic mass is 15.2. The summed E-state index contributed by atoms with van der Waals surface area (Å²) in [4.78, 5) is 2.53. The van der Waals surface area contributed by atoms with Gasteiger partial charge >= 0.3 is 0 Å². The van der Waals surface area contributed by atoms with E-state index in [2.05, 4.69) is 61.2 Å². The van der Waals surface area contributed by atoms with Crippen LogP contribution in [0.2, 0.25) is 0 Å². The molecule has 0 saturated carbocycles. The van der Waals surface area contributed by atoms with Crippen molar-refractivity contribution in [3.8, 4) is 0 Å². The molecule has 3 atom stereocenters. The van der Waals surface area contributed by atoms with Crippen molar-refractivity contribution in [2.75, 3.05) is 13.1 Å². The molecule has 0 bridgehead atoms. The van der Waals surface area contributed by atoms with Gasteiger partial charge in [-0.2, -0.15) is 0 Å². The van der Waals surface area contributed by atoms with Crippen LogP contribution in [0.25, 0.3) is 10.8 Å². The molecule has 1 aliphatic rings. The lowest BCUT2D eigenvalue weighted by molar-refractivity contribution is 0.249. The lowest BCUT2D eigenvalue weighted by Gasteiger charge is -2.25. The topological polar surface area (TPSA) is 29.3 Å². The molecule has 3 unspecified atom stereocenters. The quantitative estimate of drug-likeness (QED) is 0.922. The number of nitrogens with zero attached hydrogens (tertiary/aromatic N) is 1. The Bertz CT molecular complexity index is 593. The van der Waals surface area contributed by atoms with Gasteiger partial charge in [0.1, 0.15) is 0 Å². The zero-order valence-electron chi connectivity index (χ0n) is 12.4. The molecule has 2 aromatic carbocycles. The van der Waals surface area contributed by atoms with Crippen LogP contribution in [-0.4, -0.2) is 24.0 Å². The molecule has 2 nitrogen and oxygen atoms in total. The van der Waals surface area contributed by atoms with Crippen LogP contribution in [0.3, 0.4) is 0 Å². The molecule has 2 heteroatoms. The summed E-state index contributed by atoms with van der Waals surface area (Å²) in [6.07, 6.45) is 1.30. The minimum Gasteiger partial charge on any atom is -0.323 e. The van der Waals surface area contributed by atoms with Gasteiger partial charge in [-0.15, -0.1) is 0 Å². The van der Waals surface area contributed by atoms with Crippen molar-refractivity contribution < 1.29 is 0 Å². The van der Waals surface area contributed by atoms with Crippen LogP contribution in [0.15, 0.2) is 42.5 Å². The van der Waals surface area contributed by atoms with Gasteiger partial charge < -0.3 is 5.73 Å². The van der Waals surface area contributed by atoms with Crippen molar-refractivity contribution in [3.63, 3.8) is 0 Å². The second kappa shape index (κ2) is 5.55. The van der Waals surface area contributed by atoms with Crippen LogP contribution in [0.5, 0.6) is 0 Å². The highest BCUT2D eigenvalue weighted by molar-refractivity contribution is 5.83. The van der Waals surface area contributed by atoms with E-state index in [1.54, 1.807) is 0 Å². The Balaban J connectivity index is 1.76. The van der Waals surface area contributed by atoms with Crippen molar-refractivity contribution >= 4 is 10.8 Å². The second-order valence-electron chi connectivity index (χ2n) is 6.36. The molecule has 20 heavy (non-hydrogen) atoms. The zero-order valence-corrected chi connectivity index (χ0v) is 12.4. The molecule has 0 aromatic heterocycles. The Morgan fingerprint density at radius 2 is 1.90 bits per heavy atom. The van der Waals surface area contributed by atoms with Crippen LogP contribution in [0.1, 0.15) is 31.9 Å². The maximum Gasteiger partial charge on any atom is 0.0424 e. The molecule has 1 fully saturated rings. The zero-order chi connectivity index (χ0) is 14.1. The summed E-state index contributed by atoms with van der Waals surface area (Å²) >= 11 is 0. The van der Waals surface area contributed by atoms with E-state index in [9.17, 15) is 0 Å². The second-order valence-corrected chi connectivity index (χ2v) is 6.36. The van der Waals surface area contributed by atoms with Gasteiger partial charge in [-0.3, -0.25) is 4.90 Å². The lowest BCUT2D eigenvalue weighted by atomic mass is 10.0. The largest absolute Gasteiger partial charge is 0.323 e. The fourth-order valence-electron chi connectivity index (χ4n) is 3.44. The summed E-state index contributed by atoms with van der Waals surface area (Å²) in [6.45, 7) is 6.79. The van der Waals surface area contributed by atoms with Gasteiger partial charge in [0.25, 0.3) is 0 Å². The molecule has 1 saturated heterocycles. The van der Waals surface area contributed by atoms with Crippen LogP contribution < -0.4 is 5.73 Å². The van der Waals surface area contributed by atoms with Crippen LogP contribution in [0, 0.1) is 5.92 Å². The fourth-order valence-corrected chi connectivity index (χ4v) is 3.44. The molecule has 3 rings (SSSR count). The van der Waals surface area contributed by atoms with Gasteiger partial charge in [0.05, 0.1) is 0 Å². The third-order valence-corrected chi connectivity index (χ3v) is 4.55. The Hall–Kier alpha value is -1.38. The summed E-state index contributed by atoms with van der Waals surface area (Å²) in [7, 11) is 0. The van der Waals surface area contributed by atoms with Gasteiger partial charge in [0.2, 0.25) is 0 Å². The van der Waals surface area contributed by atoms with Gasteiger partial charge in [-0.05, 0) is 41.7 Å². The van der Waals surface area contributed by atoms with Gasteiger partial charge in [-0.25, -0.2) is 0 Å². The average molecular weight is 268 g/mol. The summed E-state index contributed by atoms with van der Waals surface area (Å²) < 4.78 is 0. The monoisotopic (exact) mass is 268 g/mol. The van der Waals surface area contributed by atoms with E-state index in [-0.39, 0.29) is 6.04 Å². The van der Waals surface area contributed by atoms with Crippen molar-refractivity contribution in [1.29, 1.82) is 0 Å². The van der Waals surface area contributed by atoms with Crippen molar-refractivity contribution in [1.82, 2.24) is 4.90 Å². The summed E-state index contributed by atoms with van der Waals surface area (Å²) in [5, 5.41) is 2.56. The number of fused-ring (bicyclic) bond motifs is 1. The van der Waals surface area contributed by atoms with Crippen molar-refractivity contribution in [2.24, 2.45) is 11.7 Å². The molecule has 1 aliphatic heterocycles. The predicted octanol–water partition coefficient (Wildman–Crippen LogP) is 3.57. The maximum absolute atomic E-state index is 6.43. The normalized spacial score (nSPS) is 25.1. The Labute approximate surface area is 121 Å². The first kappa shape index (κ1) is 13.6. The third kappa shape index (κ3) is 2.72. The summed E-state index contributed by atoms with van der Waals surface area (Å²) in [5.41, 5.74) is 7.68. The molecule has 0 aliphatic carbocycles. The Morgan fingerprint density at radius 1 is 1.15 bits per heavy atom. The van der Waals surface area contributed by atoms with E-state index in [1.807, 2.05) is 0 Å². The number of hydrogen-bond donors (Lipinski definition) is 1. The first-order chi connectivity index (χ1) is 9.63. The Kier molecular flexibility index (Phi) is 3.77. The number of nitrogens with two attached hydrogens (primary N) is 1. The molecular formula is C18H24N2. The van der Waals surface area contributed by atoms with E-state index in [0.717, 1.165) is 12.5 Å². The van der Waals surface area contributed by atoms with E-state index >= 15 is 0 Å². The highest BCUT2D eigenvalue weighted by Gasteiger charge is 2.27. The minimum absolute atomic E-state index is 0.104. The van der Waals surface area contributed by atoms with E-state index < -0.39 is 0 Å². The van der Waals surface area contributed by atoms with Gasteiger partial charge in [0.15, 0.2) is 0 Å². The molecule has 2 aromatic rings. The van der Waals surface area contributed by atoms with Crippen molar-refractivity contribution in [2.45, 2.75) is 32.4 Å². The van der Waals surface area contributed by atoms with E-state index in [1.165, 1.54) is 29.3 Å². The molecule has 0 spiro atoms. The predicted molar refractivity (Wildman–Crippen MR) is 85.7 cm³/mol. The molecule has 2 N–H and O–H groups in total. The van der Waals surface area contributed by atoms with Crippen LogP contribution in [0.4, 0.5) is 0 Å². The summed E-state index contributed by atoms with van der Waals surface area (Å²) in [5.74, 6) is 0.800. The third-order valence-electron chi connectivity index (χ3n) is 4.55. The van der Waals surface area contributed by atoms with Crippen molar-refractivity contribution in [3.05, 3.63) is 48.0 Å². The molecule has 0 amide bonds. The minimum atomic E-state index is 0.104. The SMILES string of the molecule is CC1CC(C)N(CC(N)c2ccc3ccccc3c2)C1.